The first-order valence-electron chi connectivity index (χ1n) is 5.13. The Bertz CT molecular complexity index is 342. The second-order valence-electron chi connectivity index (χ2n) is 3.57. The number of anilines is 1. The van der Waals surface area contributed by atoms with Crippen LogP contribution < -0.4 is 4.90 Å². The van der Waals surface area contributed by atoms with E-state index in [1.807, 2.05) is 0 Å². The lowest BCUT2D eigenvalue weighted by molar-refractivity contribution is -0.144. The SMILES string of the molecule is CN(CCCCCCl)c1nc(C(F)(F)F)ns1. The highest BCUT2D eigenvalue weighted by Gasteiger charge is 2.36. The summed E-state index contributed by atoms with van der Waals surface area (Å²) in [6, 6.07) is 0. The molecular formula is C9H13ClF3N3S. The minimum absolute atomic E-state index is 0.295. The molecule has 8 heteroatoms. The molecule has 0 aliphatic carbocycles. The zero-order valence-corrected chi connectivity index (χ0v) is 10.9. The summed E-state index contributed by atoms with van der Waals surface area (Å²) in [5.41, 5.74) is 0. The number of unbranched alkanes of at least 4 members (excludes halogenated alkanes) is 2. The van der Waals surface area contributed by atoms with E-state index in [-0.39, 0.29) is 0 Å². The highest BCUT2D eigenvalue weighted by Crippen LogP contribution is 2.29. The maximum Gasteiger partial charge on any atom is 0.452 e. The lowest BCUT2D eigenvalue weighted by Crippen LogP contribution is -2.18. The molecule has 0 amide bonds. The molecule has 1 rings (SSSR count). The summed E-state index contributed by atoms with van der Waals surface area (Å²) < 4.78 is 40.1. The van der Waals surface area contributed by atoms with Crippen molar-refractivity contribution in [3.63, 3.8) is 0 Å². The second-order valence-corrected chi connectivity index (χ2v) is 4.68. The van der Waals surface area contributed by atoms with Crippen molar-refractivity contribution < 1.29 is 13.2 Å². The highest BCUT2D eigenvalue weighted by molar-refractivity contribution is 7.09. The van der Waals surface area contributed by atoms with Crippen molar-refractivity contribution in [1.29, 1.82) is 0 Å². The molecule has 0 fully saturated rings. The molecule has 0 N–H and O–H groups in total. The minimum atomic E-state index is -4.46. The van der Waals surface area contributed by atoms with Gasteiger partial charge in [0, 0.05) is 31.0 Å². The molecule has 0 saturated heterocycles. The van der Waals surface area contributed by atoms with Gasteiger partial charge in [-0.05, 0) is 12.8 Å². The number of alkyl halides is 4. The monoisotopic (exact) mass is 287 g/mol. The zero-order chi connectivity index (χ0) is 12.9. The van der Waals surface area contributed by atoms with Crippen LogP contribution in [0.25, 0.3) is 0 Å². The first-order valence-corrected chi connectivity index (χ1v) is 6.44. The van der Waals surface area contributed by atoms with Crippen molar-refractivity contribution in [3.8, 4) is 0 Å². The summed E-state index contributed by atoms with van der Waals surface area (Å²) >= 11 is 6.30. The zero-order valence-electron chi connectivity index (χ0n) is 9.30. The number of hydrogen-bond donors (Lipinski definition) is 0. The summed E-state index contributed by atoms with van der Waals surface area (Å²) in [7, 11) is 1.71. The molecule has 1 heterocycles. The fourth-order valence-corrected chi connectivity index (χ4v) is 2.06. The van der Waals surface area contributed by atoms with Crippen LogP contribution in [0.15, 0.2) is 0 Å². The lowest BCUT2D eigenvalue weighted by Gasteiger charge is -2.14. The molecule has 1 aromatic rings. The molecule has 3 nitrogen and oxygen atoms in total. The van der Waals surface area contributed by atoms with Crippen molar-refractivity contribution in [3.05, 3.63) is 5.82 Å². The van der Waals surface area contributed by atoms with Crippen LogP contribution in [0.5, 0.6) is 0 Å². The molecule has 0 aromatic carbocycles. The predicted molar refractivity (Wildman–Crippen MR) is 62.8 cm³/mol. The summed E-state index contributed by atoms with van der Waals surface area (Å²) in [6.07, 6.45) is -1.71. The van der Waals surface area contributed by atoms with Crippen LogP contribution >= 0.6 is 23.1 Å². The molecule has 17 heavy (non-hydrogen) atoms. The Hall–Kier alpha value is -0.560. The smallest absolute Gasteiger partial charge is 0.350 e. The average Bonchev–Trinajstić information content (AvgIpc) is 2.72. The molecule has 0 bridgehead atoms. The highest BCUT2D eigenvalue weighted by atomic mass is 35.5. The van der Waals surface area contributed by atoms with Crippen molar-refractivity contribution in [1.82, 2.24) is 9.36 Å². The molecule has 0 aliphatic heterocycles. The largest absolute Gasteiger partial charge is 0.452 e. The van der Waals surface area contributed by atoms with Gasteiger partial charge < -0.3 is 4.90 Å². The molecule has 0 spiro atoms. The molecule has 0 unspecified atom stereocenters. The van der Waals surface area contributed by atoms with Gasteiger partial charge in [0.15, 0.2) is 0 Å². The first-order chi connectivity index (χ1) is 7.95. The molecule has 0 atom stereocenters. The van der Waals surface area contributed by atoms with Crippen molar-refractivity contribution >= 4 is 28.3 Å². The van der Waals surface area contributed by atoms with Gasteiger partial charge in [-0.25, -0.2) is 0 Å². The number of rotatable bonds is 6. The van der Waals surface area contributed by atoms with E-state index >= 15 is 0 Å². The molecule has 0 aliphatic rings. The topological polar surface area (TPSA) is 29.0 Å². The quantitative estimate of drug-likeness (QED) is 0.593. The molecule has 98 valence electrons. The van der Waals surface area contributed by atoms with E-state index in [4.69, 9.17) is 11.6 Å². The number of aromatic nitrogens is 2. The Balaban J connectivity index is 2.47. The molecule has 1 aromatic heterocycles. The lowest BCUT2D eigenvalue weighted by atomic mass is 10.2. The Kier molecular flexibility index (Phi) is 5.45. The van der Waals surface area contributed by atoms with Crippen LogP contribution in [0.2, 0.25) is 0 Å². The van der Waals surface area contributed by atoms with Gasteiger partial charge in [-0.15, -0.1) is 11.6 Å². The van der Waals surface area contributed by atoms with E-state index < -0.39 is 12.0 Å². The van der Waals surface area contributed by atoms with E-state index in [0.717, 1.165) is 30.8 Å². The van der Waals surface area contributed by atoms with Crippen molar-refractivity contribution in [2.24, 2.45) is 0 Å². The molecular weight excluding hydrogens is 275 g/mol. The van der Waals surface area contributed by atoms with Crippen LogP contribution in [0.4, 0.5) is 18.3 Å². The van der Waals surface area contributed by atoms with Gasteiger partial charge in [0.25, 0.3) is 0 Å². The summed E-state index contributed by atoms with van der Waals surface area (Å²) in [5, 5.41) is 0.295. The van der Waals surface area contributed by atoms with Gasteiger partial charge in [-0.3, -0.25) is 0 Å². The van der Waals surface area contributed by atoms with Gasteiger partial charge >= 0.3 is 6.18 Å². The summed E-state index contributed by atoms with van der Waals surface area (Å²) in [6.45, 7) is 0.656. The van der Waals surface area contributed by atoms with Gasteiger partial charge in [0.2, 0.25) is 11.0 Å². The maximum absolute atomic E-state index is 12.3. The fourth-order valence-electron chi connectivity index (χ4n) is 1.20. The first kappa shape index (κ1) is 14.5. The van der Waals surface area contributed by atoms with Crippen LogP contribution in [0.3, 0.4) is 0 Å². The minimum Gasteiger partial charge on any atom is -0.350 e. The maximum atomic E-state index is 12.3. The van der Waals surface area contributed by atoms with Crippen molar-refractivity contribution in [2.45, 2.75) is 25.4 Å². The average molecular weight is 288 g/mol. The second kappa shape index (κ2) is 6.39. The number of nitrogens with zero attached hydrogens (tertiary/aromatic N) is 3. The van der Waals surface area contributed by atoms with Crippen LogP contribution in [-0.4, -0.2) is 28.8 Å². The van der Waals surface area contributed by atoms with E-state index in [0.29, 0.717) is 17.6 Å². The fraction of sp³-hybridized carbons (Fsp3) is 0.778. The normalized spacial score (nSPS) is 11.8. The van der Waals surface area contributed by atoms with Crippen LogP contribution in [0.1, 0.15) is 25.1 Å². The van der Waals surface area contributed by atoms with Gasteiger partial charge in [-0.2, -0.15) is 22.5 Å². The van der Waals surface area contributed by atoms with Gasteiger partial charge in [0.05, 0.1) is 0 Å². The van der Waals surface area contributed by atoms with Crippen LogP contribution in [-0.2, 0) is 6.18 Å². The van der Waals surface area contributed by atoms with Crippen LogP contribution in [0, 0.1) is 0 Å². The summed E-state index contributed by atoms with van der Waals surface area (Å²) in [4.78, 5) is 5.14. The Morgan fingerprint density at radius 3 is 2.53 bits per heavy atom. The number of hydrogen-bond acceptors (Lipinski definition) is 4. The van der Waals surface area contributed by atoms with E-state index in [1.165, 1.54) is 0 Å². The van der Waals surface area contributed by atoms with Gasteiger partial charge in [-0.1, -0.05) is 6.42 Å². The Morgan fingerprint density at radius 2 is 2.00 bits per heavy atom. The standard InChI is InChI=1S/C9H13ClF3N3S/c1-16(6-4-2-3-5-10)8-14-7(15-17-8)9(11,12)13/h2-6H2,1H3. The summed E-state index contributed by atoms with van der Waals surface area (Å²) in [5.74, 6) is -0.453. The Labute approximate surface area is 107 Å². The molecule has 0 radical (unpaired) electrons. The van der Waals surface area contributed by atoms with E-state index in [1.54, 1.807) is 11.9 Å². The number of halogens is 4. The third kappa shape index (κ3) is 4.67. The predicted octanol–water partition coefficient (Wildman–Crippen LogP) is 3.40. The van der Waals surface area contributed by atoms with Crippen molar-refractivity contribution in [2.75, 3.05) is 24.4 Å². The van der Waals surface area contributed by atoms with Gasteiger partial charge in [0.1, 0.15) is 0 Å². The third-order valence-corrected chi connectivity index (χ3v) is 3.22. The van der Waals surface area contributed by atoms with E-state index in [9.17, 15) is 13.2 Å². The molecule has 0 saturated carbocycles. The Morgan fingerprint density at radius 1 is 1.29 bits per heavy atom. The third-order valence-electron chi connectivity index (χ3n) is 2.12. The van der Waals surface area contributed by atoms with E-state index in [2.05, 4.69) is 9.36 Å².